The first-order valence-corrected chi connectivity index (χ1v) is 3.57. The molecule has 1 aliphatic rings. The quantitative estimate of drug-likeness (QED) is 0.423. The maximum absolute atomic E-state index is 5.05. The van der Waals surface area contributed by atoms with Crippen molar-refractivity contribution in [3.63, 3.8) is 0 Å². The molecule has 56 valence electrons. The van der Waals surface area contributed by atoms with Gasteiger partial charge in [0.05, 0.1) is 7.11 Å². The monoisotopic (exact) mass is 139 g/mol. The van der Waals surface area contributed by atoms with Crippen LogP contribution >= 0.6 is 0 Å². The van der Waals surface area contributed by atoms with Crippen LogP contribution in [0, 0.1) is 0 Å². The summed E-state index contributed by atoms with van der Waals surface area (Å²) in [4.78, 5) is 2.16. The number of hydrogen-bond acceptors (Lipinski definition) is 2. The van der Waals surface area contributed by atoms with Crippen LogP contribution in [0.1, 0.15) is 12.8 Å². The molecule has 0 bridgehead atoms. The van der Waals surface area contributed by atoms with E-state index in [-0.39, 0.29) is 0 Å². The van der Waals surface area contributed by atoms with E-state index in [0.717, 1.165) is 19.0 Å². The molecule has 0 N–H and O–H groups in total. The van der Waals surface area contributed by atoms with Gasteiger partial charge in [0.15, 0.2) is 0 Å². The van der Waals surface area contributed by atoms with E-state index < -0.39 is 0 Å². The lowest BCUT2D eigenvalue weighted by Gasteiger charge is -2.16. The summed E-state index contributed by atoms with van der Waals surface area (Å²) in [5.74, 6) is 0.789. The van der Waals surface area contributed by atoms with Crippen molar-refractivity contribution in [1.82, 2.24) is 4.90 Å². The normalized spacial score (nSPS) is 16.7. The Bertz CT molecular complexity index is 153. The molecule has 1 saturated heterocycles. The number of hydrogen-bond donors (Lipinski definition) is 0. The number of likely N-dealkylation sites (tertiary alicyclic amines) is 1. The molecule has 10 heavy (non-hydrogen) atoms. The van der Waals surface area contributed by atoms with Gasteiger partial charge in [0.2, 0.25) is 5.88 Å². The second kappa shape index (κ2) is 3.33. The lowest BCUT2D eigenvalue weighted by atomic mass is 10.4. The molecule has 1 heterocycles. The average Bonchev–Trinajstić information content (AvgIpc) is 2.43. The molecule has 0 aromatic rings. The zero-order valence-electron chi connectivity index (χ0n) is 6.39. The largest absolute Gasteiger partial charge is 0.477 e. The summed E-state index contributed by atoms with van der Waals surface area (Å²) in [6.07, 6.45) is 2.52. The van der Waals surface area contributed by atoms with Gasteiger partial charge in [-0.3, -0.25) is 0 Å². The van der Waals surface area contributed by atoms with Gasteiger partial charge in [-0.05, 0) is 12.8 Å². The highest BCUT2D eigenvalue weighted by atomic mass is 16.5. The van der Waals surface area contributed by atoms with Crippen molar-refractivity contribution in [3.8, 4) is 0 Å². The van der Waals surface area contributed by atoms with Crippen molar-refractivity contribution in [2.45, 2.75) is 12.8 Å². The number of methoxy groups -OCH3 is 1. The van der Waals surface area contributed by atoms with Crippen LogP contribution in [0.2, 0.25) is 0 Å². The minimum atomic E-state index is 0.789. The third-order valence-corrected chi connectivity index (χ3v) is 1.74. The summed E-state index contributed by atoms with van der Waals surface area (Å²) in [7, 11) is 1.66. The van der Waals surface area contributed by atoms with E-state index in [4.69, 9.17) is 4.74 Å². The molecule has 0 aromatic carbocycles. The van der Waals surface area contributed by atoms with Gasteiger partial charge in [-0.1, -0.05) is 12.3 Å². The molecule has 0 aliphatic carbocycles. The maximum Gasteiger partial charge on any atom is 0.235 e. The summed E-state index contributed by atoms with van der Waals surface area (Å²) in [6.45, 7) is 5.73. The molecule has 0 unspecified atom stereocenters. The average molecular weight is 139 g/mol. The van der Waals surface area contributed by atoms with Crippen LogP contribution in [0.5, 0.6) is 0 Å². The fourth-order valence-electron chi connectivity index (χ4n) is 1.23. The molecule has 1 aliphatic heterocycles. The van der Waals surface area contributed by atoms with Gasteiger partial charge >= 0.3 is 0 Å². The van der Waals surface area contributed by atoms with Gasteiger partial charge in [0.1, 0.15) is 0 Å². The fraction of sp³-hybridized carbons (Fsp3) is 0.625. The van der Waals surface area contributed by atoms with Crippen molar-refractivity contribution in [2.75, 3.05) is 20.2 Å². The predicted molar refractivity (Wildman–Crippen MR) is 40.5 cm³/mol. The minimum absolute atomic E-state index is 0.789. The first-order chi connectivity index (χ1) is 4.88. The molecule has 1 fully saturated rings. The van der Waals surface area contributed by atoms with Crippen LogP contribution in [-0.4, -0.2) is 25.1 Å². The predicted octanol–water partition coefficient (Wildman–Crippen LogP) is 1.35. The van der Waals surface area contributed by atoms with Crippen molar-refractivity contribution in [3.05, 3.63) is 18.2 Å². The zero-order valence-corrected chi connectivity index (χ0v) is 6.39. The number of nitrogens with zero attached hydrogens (tertiary/aromatic N) is 1. The van der Waals surface area contributed by atoms with Gasteiger partial charge in [0.25, 0.3) is 0 Å². The van der Waals surface area contributed by atoms with E-state index in [2.05, 4.69) is 17.2 Å². The fourth-order valence-corrected chi connectivity index (χ4v) is 1.23. The zero-order chi connectivity index (χ0) is 7.40. The highest BCUT2D eigenvalue weighted by Gasteiger charge is 2.13. The third-order valence-electron chi connectivity index (χ3n) is 1.74. The Kier molecular flexibility index (Phi) is 2.41. The van der Waals surface area contributed by atoms with E-state index in [9.17, 15) is 0 Å². The van der Waals surface area contributed by atoms with Crippen LogP contribution in [-0.2, 0) is 4.74 Å². The molecule has 0 amide bonds. The number of ether oxygens (including phenoxy) is 1. The highest BCUT2D eigenvalue weighted by Crippen LogP contribution is 2.13. The highest BCUT2D eigenvalue weighted by molar-refractivity contribution is 4.90. The summed E-state index contributed by atoms with van der Waals surface area (Å²) >= 11 is 0. The van der Waals surface area contributed by atoms with Gasteiger partial charge in [-0.15, -0.1) is 0 Å². The molecule has 1 rings (SSSR count). The Labute approximate surface area is 61.8 Å². The lowest BCUT2D eigenvalue weighted by molar-refractivity contribution is 0.175. The molecule has 2 nitrogen and oxygen atoms in total. The molecule has 0 atom stereocenters. The van der Waals surface area contributed by atoms with E-state index in [1.165, 1.54) is 12.8 Å². The van der Waals surface area contributed by atoms with Crippen molar-refractivity contribution < 1.29 is 4.74 Å². The van der Waals surface area contributed by atoms with Gasteiger partial charge in [-0.2, -0.15) is 0 Å². The summed E-state index contributed by atoms with van der Waals surface area (Å²) in [6, 6.07) is 0. The Hall–Kier alpha value is -0.880. The van der Waals surface area contributed by atoms with Crippen LogP contribution in [0.15, 0.2) is 18.2 Å². The molecule has 0 radical (unpaired) electrons. The van der Waals surface area contributed by atoms with Crippen LogP contribution in [0.3, 0.4) is 0 Å². The Morgan fingerprint density at radius 1 is 1.50 bits per heavy atom. The van der Waals surface area contributed by atoms with E-state index in [1.54, 1.807) is 7.11 Å². The molecular formula is C8H13NO. The Balaban J connectivity index is 2.53. The van der Waals surface area contributed by atoms with Crippen LogP contribution in [0.4, 0.5) is 0 Å². The van der Waals surface area contributed by atoms with E-state index in [1.807, 2.05) is 0 Å². The first kappa shape index (κ1) is 7.23. The summed E-state index contributed by atoms with van der Waals surface area (Å²) in [5, 5.41) is 0. The summed E-state index contributed by atoms with van der Waals surface area (Å²) < 4.78 is 5.05. The van der Waals surface area contributed by atoms with Gasteiger partial charge in [0, 0.05) is 13.1 Å². The van der Waals surface area contributed by atoms with Crippen molar-refractivity contribution in [1.29, 1.82) is 0 Å². The standard InChI is InChI=1S/C8H13NO/c1-3-8(10-2)9-6-4-5-7-9/h1,4-7H2,2H3. The maximum atomic E-state index is 5.05. The molecular weight excluding hydrogens is 126 g/mol. The lowest BCUT2D eigenvalue weighted by Crippen LogP contribution is -2.18. The van der Waals surface area contributed by atoms with E-state index in [0.29, 0.717) is 0 Å². The second-order valence-electron chi connectivity index (χ2n) is 2.38. The van der Waals surface area contributed by atoms with Crippen molar-refractivity contribution in [2.24, 2.45) is 0 Å². The van der Waals surface area contributed by atoms with E-state index >= 15 is 0 Å². The van der Waals surface area contributed by atoms with Gasteiger partial charge < -0.3 is 9.64 Å². The molecule has 0 spiro atoms. The summed E-state index contributed by atoms with van der Waals surface area (Å²) in [5.41, 5.74) is 2.76. The SMILES string of the molecule is C=C=C(OC)N1CCCC1. The van der Waals surface area contributed by atoms with Gasteiger partial charge in [-0.25, -0.2) is 0 Å². The smallest absolute Gasteiger partial charge is 0.235 e. The van der Waals surface area contributed by atoms with Crippen LogP contribution < -0.4 is 0 Å². The minimum Gasteiger partial charge on any atom is -0.477 e. The van der Waals surface area contributed by atoms with Crippen LogP contribution in [0.25, 0.3) is 0 Å². The Morgan fingerprint density at radius 2 is 2.10 bits per heavy atom. The topological polar surface area (TPSA) is 12.5 Å². The van der Waals surface area contributed by atoms with Crippen molar-refractivity contribution >= 4 is 0 Å². The third kappa shape index (κ3) is 1.34. The number of rotatable bonds is 2. The molecule has 0 aromatic heterocycles. The second-order valence-corrected chi connectivity index (χ2v) is 2.38. The Morgan fingerprint density at radius 3 is 2.50 bits per heavy atom. The molecule has 0 saturated carbocycles. The molecule has 2 heteroatoms. The first-order valence-electron chi connectivity index (χ1n) is 3.57.